The van der Waals surface area contributed by atoms with E-state index in [0.29, 0.717) is 21.2 Å². The molecule has 0 bridgehead atoms. The van der Waals surface area contributed by atoms with Gasteiger partial charge in [0.1, 0.15) is 4.90 Å². The Kier molecular flexibility index (Phi) is 5.69. The molecule has 0 aliphatic heterocycles. The molecule has 0 saturated carbocycles. The van der Waals surface area contributed by atoms with Crippen LogP contribution < -0.4 is 9.86 Å². The Morgan fingerprint density at radius 2 is 1.54 bits per heavy atom. The van der Waals surface area contributed by atoms with E-state index in [1.165, 1.54) is 36.4 Å². The molecule has 0 amide bonds. The highest BCUT2D eigenvalue weighted by Crippen LogP contribution is 2.32. The highest BCUT2D eigenvalue weighted by atomic mass is 35.5. The van der Waals surface area contributed by atoms with E-state index >= 15 is 0 Å². The minimum Gasteiger partial charge on any atom is -0.278 e. The van der Waals surface area contributed by atoms with Gasteiger partial charge in [-0.15, -0.1) is 0 Å². The van der Waals surface area contributed by atoms with Crippen molar-refractivity contribution < 1.29 is 16.8 Å². The molecule has 3 aromatic carbocycles. The maximum absolute atomic E-state index is 12.8. The van der Waals surface area contributed by atoms with Gasteiger partial charge in [-0.1, -0.05) is 53.5 Å². The van der Waals surface area contributed by atoms with Crippen LogP contribution in [0.15, 0.2) is 76.5 Å². The fourth-order valence-electron chi connectivity index (χ4n) is 2.56. The number of para-hydroxylation sites is 1. The van der Waals surface area contributed by atoms with Crippen LogP contribution in [0.5, 0.6) is 0 Å². The minimum absolute atomic E-state index is 0.0692. The molecule has 0 aliphatic rings. The Morgan fingerprint density at radius 1 is 0.821 bits per heavy atom. The number of nitrogens with one attached hydrogen (secondary N) is 1. The normalized spacial score (nSPS) is 12.0. The van der Waals surface area contributed by atoms with Crippen molar-refractivity contribution in [3.63, 3.8) is 0 Å². The summed E-state index contributed by atoms with van der Waals surface area (Å²) in [5.74, 6) is 0. The highest BCUT2D eigenvalue weighted by molar-refractivity contribution is 7.93. The zero-order chi connectivity index (χ0) is 20.5. The fraction of sp³-hybridized carbons (Fsp3) is 0. The second kappa shape index (κ2) is 7.73. The molecule has 0 aromatic heterocycles. The molecule has 0 fully saturated rings. The molecule has 0 unspecified atom stereocenters. The van der Waals surface area contributed by atoms with Gasteiger partial charge in [0.05, 0.1) is 10.6 Å². The molecule has 10 heteroatoms. The van der Waals surface area contributed by atoms with Crippen molar-refractivity contribution in [2.75, 3.05) is 4.72 Å². The maximum Gasteiger partial charge on any atom is 0.261 e. The summed E-state index contributed by atoms with van der Waals surface area (Å²) in [7, 11) is -8.19. The van der Waals surface area contributed by atoms with Gasteiger partial charge in [0, 0.05) is 15.6 Å². The van der Waals surface area contributed by atoms with E-state index in [-0.39, 0.29) is 15.5 Å². The van der Waals surface area contributed by atoms with Crippen molar-refractivity contribution in [2.45, 2.75) is 9.79 Å². The molecular weight excluding hydrogens is 443 g/mol. The number of sulfonamides is 2. The van der Waals surface area contributed by atoms with Crippen LogP contribution in [-0.2, 0) is 20.0 Å². The second-order valence-electron chi connectivity index (χ2n) is 5.80. The zero-order valence-electron chi connectivity index (χ0n) is 14.1. The Labute approximate surface area is 173 Å². The van der Waals surface area contributed by atoms with E-state index in [4.69, 9.17) is 28.3 Å². The Hall–Kier alpha value is -2.10. The Bertz CT molecular complexity index is 1260. The number of halogens is 2. The number of benzene rings is 3. The topological polar surface area (TPSA) is 106 Å². The first-order chi connectivity index (χ1) is 13.1. The minimum atomic E-state index is -4.11. The first-order valence-electron chi connectivity index (χ1n) is 7.78. The molecule has 0 aliphatic carbocycles. The predicted molar refractivity (Wildman–Crippen MR) is 111 cm³/mol. The Balaban J connectivity index is 2.03. The van der Waals surface area contributed by atoms with Gasteiger partial charge in [-0.05, 0) is 42.0 Å². The average molecular weight is 457 g/mol. The number of primary sulfonamides is 1. The fourth-order valence-corrected chi connectivity index (χ4v) is 4.96. The lowest BCUT2D eigenvalue weighted by molar-refractivity contribution is 0.598. The van der Waals surface area contributed by atoms with Crippen LogP contribution in [0.4, 0.5) is 5.69 Å². The summed E-state index contributed by atoms with van der Waals surface area (Å²) < 4.78 is 51.3. The average Bonchev–Trinajstić information content (AvgIpc) is 2.61. The number of rotatable bonds is 5. The molecule has 28 heavy (non-hydrogen) atoms. The summed E-state index contributed by atoms with van der Waals surface area (Å²) in [6.07, 6.45) is 0. The van der Waals surface area contributed by atoms with Crippen molar-refractivity contribution in [3.05, 3.63) is 76.8 Å². The van der Waals surface area contributed by atoms with Crippen LogP contribution in [-0.4, -0.2) is 16.8 Å². The van der Waals surface area contributed by atoms with Gasteiger partial charge in [-0.25, -0.2) is 22.0 Å². The van der Waals surface area contributed by atoms with E-state index in [1.54, 1.807) is 30.3 Å². The van der Waals surface area contributed by atoms with Crippen LogP contribution in [0.3, 0.4) is 0 Å². The predicted octanol–water partition coefficient (Wildman–Crippen LogP) is 4.11. The number of nitrogens with two attached hydrogens (primary N) is 1. The van der Waals surface area contributed by atoms with Gasteiger partial charge in [-0.2, -0.15) is 0 Å². The van der Waals surface area contributed by atoms with Crippen LogP contribution in [0.2, 0.25) is 10.0 Å². The molecular formula is C18H14Cl2N2O4S2. The zero-order valence-corrected chi connectivity index (χ0v) is 17.3. The van der Waals surface area contributed by atoms with Crippen molar-refractivity contribution in [1.29, 1.82) is 0 Å². The number of hydrogen-bond donors (Lipinski definition) is 2. The van der Waals surface area contributed by atoms with Gasteiger partial charge in [0.2, 0.25) is 10.0 Å². The summed E-state index contributed by atoms with van der Waals surface area (Å²) in [5.41, 5.74) is 1.03. The monoisotopic (exact) mass is 456 g/mol. The third-order valence-electron chi connectivity index (χ3n) is 3.82. The second-order valence-corrected chi connectivity index (χ2v) is 9.85. The first kappa shape index (κ1) is 20.6. The van der Waals surface area contributed by atoms with Gasteiger partial charge in [0.15, 0.2) is 0 Å². The van der Waals surface area contributed by atoms with Gasteiger partial charge in [-0.3, -0.25) is 4.72 Å². The van der Waals surface area contributed by atoms with Crippen molar-refractivity contribution >= 4 is 48.9 Å². The summed E-state index contributed by atoms with van der Waals surface area (Å²) in [5, 5.41) is 5.98. The van der Waals surface area contributed by atoms with Gasteiger partial charge in [0.25, 0.3) is 10.0 Å². The maximum atomic E-state index is 12.8. The van der Waals surface area contributed by atoms with Crippen LogP contribution in [0.25, 0.3) is 11.1 Å². The number of hydrogen-bond acceptors (Lipinski definition) is 4. The molecule has 3 N–H and O–H groups in total. The van der Waals surface area contributed by atoms with E-state index in [0.717, 1.165) is 0 Å². The summed E-state index contributed by atoms with van der Waals surface area (Å²) >= 11 is 12.1. The molecule has 0 saturated heterocycles. The quantitative estimate of drug-likeness (QED) is 0.601. The van der Waals surface area contributed by atoms with Crippen molar-refractivity contribution in [1.82, 2.24) is 0 Å². The standard InChI is InChI=1S/C18H14Cl2N2O4S2/c19-13-8-9-15(16(20)11-13)12-4-3-5-14(10-12)28(25,26)22-17-6-1-2-7-18(17)27(21,23)24/h1-11,22H,(H2,21,23,24). The van der Waals surface area contributed by atoms with Crippen molar-refractivity contribution in [3.8, 4) is 11.1 Å². The molecule has 146 valence electrons. The SMILES string of the molecule is NS(=O)(=O)c1ccccc1NS(=O)(=O)c1cccc(-c2ccc(Cl)cc2Cl)c1. The summed E-state index contributed by atoms with van der Waals surface area (Å²) in [6, 6.07) is 16.4. The highest BCUT2D eigenvalue weighted by Gasteiger charge is 2.20. The van der Waals surface area contributed by atoms with Gasteiger partial charge >= 0.3 is 0 Å². The van der Waals surface area contributed by atoms with E-state index in [2.05, 4.69) is 4.72 Å². The molecule has 0 heterocycles. The molecule has 6 nitrogen and oxygen atoms in total. The Morgan fingerprint density at radius 3 is 2.21 bits per heavy atom. The van der Waals surface area contributed by atoms with E-state index in [1.807, 2.05) is 0 Å². The van der Waals surface area contributed by atoms with E-state index < -0.39 is 20.0 Å². The lowest BCUT2D eigenvalue weighted by Gasteiger charge is -2.12. The summed E-state index contributed by atoms with van der Waals surface area (Å²) in [4.78, 5) is -0.393. The van der Waals surface area contributed by atoms with Crippen molar-refractivity contribution in [2.24, 2.45) is 5.14 Å². The largest absolute Gasteiger partial charge is 0.278 e. The van der Waals surface area contributed by atoms with E-state index in [9.17, 15) is 16.8 Å². The smallest absolute Gasteiger partial charge is 0.261 e. The summed E-state index contributed by atoms with van der Waals surface area (Å²) in [6.45, 7) is 0. The third kappa shape index (κ3) is 4.48. The number of anilines is 1. The first-order valence-corrected chi connectivity index (χ1v) is 11.6. The van der Waals surface area contributed by atoms with Crippen LogP contribution >= 0.6 is 23.2 Å². The van der Waals surface area contributed by atoms with Crippen LogP contribution in [0, 0.1) is 0 Å². The molecule has 3 aromatic rings. The third-order valence-corrected chi connectivity index (χ3v) is 6.70. The molecule has 0 atom stereocenters. The van der Waals surface area contributed by atoms with Gasteiger partial charge < -0.3 is 0 Å². The molecule has 0 radical (unpaired) electrons. The molecule has 3 rings (SSSR count). The van der Waals surface area contributed by atoms with Crippen LogP contribution in [0.1, 0.15) is 0 Å². The molecule has 0 spiro atoms. The lowest BCUT2D eigenvalue weighted by atomic mass is 10.1. The lowest BCUT2D eigenvalue weighted by Crippen LogP contribution is -2.18.